The van der Waals surface area contributed by atoms with Crippen LogP contribution in [0.3, 0.4) is 0 Å². The first-order chi connectivity index (χ1) is 15.1. The van der Waals surface area contributed by atoms with Crippen molar-refractivity contribution < 1.29 is 18.8 Å². The van der Waals surface area contributed by atoms with Crippen LogP contribution in [0.2, 0.25) is 0 Å². The van der Waals surface area contributed by atoms with Crippen LogP contribution < -0.4 is 10.6 Å². The third kappa shape index (κ3) is 4.36. The zero-order valence-corrected chi connectivity index (χ0v) is 19.5. The number of anilines is 1. The van der Waals surface area contributed by atoms with Crippen LogP contribution in [0.5, 0.6) is 0 Å². The quantitative estimate of drug-likeness (QED) is 0.647. The molecule has 0 aliphatic carbocycles. The van der Waals surface area contributed by atoms with Gasteiger partial charge in [0.1, 0.15) is 17.1 Å². The molecule has 2 heterocycles. The van der Waals surface area contributed by atoms with Crippen LogP contribution in [-0.4, -0.2) is 45.8 Å². The van der Waals surface area contributed by atoms with Crippen LogP contribution in [0.25, 0.3) is 10.9 Å². The number of rotatable bonds is 8. The summed E-state index contributed by atoms with van der Waals surface area (Å²) in [5, 5.41) is 6.17. The van der Waals surface area contributed by atoms with Crippen molar-refractivity contribution in [2.45, 2.75) is 66.0 Å². The highest BCUT2D eigenvalue weighted by Gasteiger charge is 2.48. The minimum absolute atomic E-state index is 0.210. The Balaban J connectivity index is 2.13. The first-order valence-corrected chi connectivity index (χ1v) is 11.3. The summed E-state index contributed by atoms with van der Waals surface area (Å²) >= 11 is 0. The summed E-state index contributed by atoms with van der Waals surface area (Å²) in [7, 11) is 0. The van der Waals surface area contributed by atoms with Crippen molar-refractivity contribution in [2.24, 2.45) is 5.92 Å². The van der Waals surface area contributed by atoms with Gasteiger partial charge in [-0.3, -0.25) is 14.4 Å². The number of hydrogen-bond acceptors (Lipinski definition) is 3. The Hall–Kier alpha value is -2.90. The molecule has 0 unspecified atom stereocenters. The van der Waals surface area contributed by atoms with Crippen LogP contribution in [0.4, 0.5) is 10.1 Å². The van der Waals surface area contributed by atoms with Crippen LogP contribution in [-0.2, 0) is 16.1 Å². The Morgan fingerprint density at radius 1 is 1.28 bits per heavy atom. The van der Waals surface area contributed by atoms with Gasteiger partial charge in [-0.2, -0.15) is 0 Å². The van der Waals surface area contributed by atoms with Crippen molar-refractivity contribution in [1.29, 1.82) is 0 Å². The molecule has 2 N–H and O–H groups in total. The van der Waals surface area contributed by atoms with E-state index in [4.69, 9.17) is 0 Å². The second kappa shape index (κ2) is 9.30. The predicted molar refractivity (Wildman–Crippen MR) is 123 cm³/mol. The Labute approximate surface area is 188 Å². The number of benzene rings is 1. The molecular weight excluding hydrogens is 411 g/mol. The molecule has 3 amide bonds. The fourth-order valence-electron chi connectivity index (χ4n) is 4.28. The molecule has 1 aliphatic heterocycles. The largest absolute Gasteiger partial charge is 0.354 e. The van der Waals surface area contributed by atoms with Crippen molar-refractivity contribution in [3.8, 4) is 0 Å². The maximum absolute atomic E-state index is 14.1. The second-order valence-corrected chi connectivity index (χ2v) is 9.18. The third-order valence-electron chi connectivity index (χ3n) is 6.07. The van der Waals surface area contributed by atoms with E-state index in [0.29, 0.717) is 35.6 Å². The highest BCUT2D eigenvalue weighted by Crippen LogP contribution is 2.39. The first kappa shape index (κ1) is 23.8. The number of fused-ring (bicyclic) bond motifs is 3. The molecule has 2 aromatic rings. The minimum Gasteiger partial charge on any atom is -0.354 e. The fraction of sp³-hybridized carbons (Fsp3) is 0.542. The van der Waals surface area contributed by atoms with Crippen LogP contribution in [0.15, 0.2) is 18.2 Å². The summed E-state index contributed by atoms with van der Waals surface area (Å²) in [6, 6.07) is 4.22. The van der Waals surface area contributed by atoms with Crippen molar-refractivity contribution >= 4 is 34.3 Å². The van der Waals surface area contributed by atoms with Gasteiger partial charge in [-0.15, -0.1) is 0 Å². The van der Waals surface area contributed by atoms with E-state index in [1.54, 1.807) is 22.5 Å². The molecular formula is C24H33FN4O3. The van der Waals surface area contributed by atoms with Crippen LogP contribution in [0.1, 0.15) is 64.4 Å². The zero-order valence-electron chi connectivity index (χ0n) is 19.5. The normalized spacial score (nSPS) is 18.2. The highest BCUT2D eigenvalue weighted by atomic mass is 19.1. The molecule has 0 spiro atoms. The van der Waals surface area contributed by atoms with Gasteiger partial charge in [-0.1, -0.05) is 27.2 Å². The van der Waals surface area contributed by atoms with Gasteiger partial charge in [-0.25, -0.2) is 4.39 Å². The molecule has 32 heavy (non-hydrogen) atoms. The number of hydrogen-bond donors (Lipinski definition) is 2. The standard InChI is InChI=1S/C24H33FN4O3/c1-6-7-12-29-22(31)21-20(27-16(4)30)18-13-17(25)8-9-19(18)28(21)14-24(29,5)23(32)26-11-10-15(2)3/h8-9,13,15H,6-7,10-12,14H2,1-5H3,(H,26,32)(H,27,30)/t24-/m0/s1. The van der Waals surface area contributed by atoms with Gasteiger partial charge in [0.05, 0.1) is 17.7 Å². The number of aromatic nitrogens is 1. The molecule has 3 rings (SSSR count). The molecule has 8 heteroatoms. The molecule has 1 aromatic carbocycles. The predicted octanol–water partition coefficient (Wildman–Crippen LogP) is 3.92. The maximum atomic E-state index is 14.1. The molecule has 0 fully saturated rings. The van der Waals surface area contributed by atoms with Crippen molar-refractivity contribution in [2.75, 3.05) is 18.4 Å². The summed E-state index contributed by atoms with van der Waals surface area (Å²) in [4.78, 5) is 40.6. The molecule has 0 bridgehead atoms. The van der Waals surface area contributed by atoms with Crippen LogP contribution >= 0.6 is 0 Å². The second-order valence-electron chi connectivity index (χ2n) is 9.18. The molecule has 7 nitrogen and oxygen atoms in total. The van der Waals surface area contributed by atoms with E-state index in [-0.39, 0.29) is 30.0 Å². The van der Waals surface area contributed by atoms with Gasteiger partial charge < -0.3 is 20.1 Å². The molecule has 1 aliphatic rings. The lowest BCUT2D eigenvalue weighted by molar-refractivity contribution is -0.132. The summed E-state index contributed by atoms with van der Waals surface area (Å²) in [5.41, 5.74) is 0.0734. The number of nitrogens with one attached hydrogen (secondary N) is 2. The molecule has 174 valence electrons. The Kier molecular flexibility index (Phi) is 6.91. The van der Waals surface area contributed by atoms with Gasteiger partial charge in [0.25, 0.3) is 5.91 Å². The maximum Gasteiger partial charge on any atom is 0.273 e. The topological polar surface area (TPSA) is 83.4 Å². The summed E-state index contributed by atoms with van der Waals surface area (Å²) in [6.07, 6.45) is 2.45. The van der Waals surface area contributed by atoms with E-state index in [9.17, 15) is 18.8 Å². The van der Waals surface area contributed by atoms with Crippen LogP contribution in [0, 0.1) is 11.7 Å². The number of carbonyl (C=O) groups is 3. The number of nitrogens with zero attached hydrogens (tertiary/aromatic N) is 2. The van der Waals surface area contributed by atoms with E-state index in [2.05, 4.69) is 24.5 Å². The Morgan fingerprint density at radius 3 is 2.62 bits per heavy atom. The first-order valence-electron chi connectivity index (χ1n) is 11.3. The SMILES string of the molecule is CCCCN1C(=O)c2c(NC(C)=O)c3cc(F)ccc3n2C[C@@]1(C)C(=O)NCCC(C)C. The lowest BCUT2D eigenvalue weighted by Gasteiger charge is -2.44. The van der Waals surface area contributed by atoms with Gasteiger partial charge in [0.15, 0.2) is 0 Å². The molecule has 0 saturated carbocycles. The number of amides is 3. The van der Waals surface area contributed by atoms with E-state index in [1.807, 2.05) is 6.92 Å². The van der Waals surface area contributed by atoms with Crippen molar-refractivity contribution in [3.63, 3.8) is 0 Å². The average Bonchev–Trinajstić information content (AvgIpc) is 2.99. The third-order valence-corrected chi connectivity index (χ3v) is 6.07. The smallest absolute Gasteiger partial charge is 0.273 e. The van der Waals surface area contributed by atoms with Gasteiger partial charge in [-0.05, 0) is 43.9 Å². The molecule has 0 saturated heterocycles. The summed E-state index contributed by atoms with van der Waals surface area (Å²) in [6.45, 7) is 10.5. The number of halogens is 1. The summed E-state index contributed by atoms with van der Waals surface area (Å²) in [5.74, 6) is -0.916. The van der Waals surface area contributed by atoms with E-state index < -0.39 is 11.4 Å². The molecule has 1 atom stereocenters. The highest BCUT2D eigenvalue weighted by molar-refractivity contribution is 6.14. The Bertz CT molecular complexity index is 1050. The zero-order chi connectivity index (χ0) is 23.6. The van der Waals surface area contributed by atoms with Crippen molar-refractivity contribution in [1.82, 2.24) is 14.8 Å². The number of unbranched alkanes of at least 4 members (excludes halogenated alkanes) is 1. The average molecular weight is 445 g/mol. The monoisotopic (exact) mass is 444 g/mol. The minimum atomic E-state index is -1.11. The molecule has 0 radical (unpaired) electrons. The lowest BCUT2D eigenvalue weighted by Crippen LogP contribution is -2.64. The van der Waals surface area contributed by atoms with E-state index >= 15 is 0 Å². The Morgan fingerprint density at radius 2 is 2.00 bits per heavy atom. The van der Waals surface area contributed by atoms with E-state index in [0.717, 1.165) is 19.3 Å². The van der Waals surface area contributed by atoms with Gasteiger partial charge in [0.2, 0.25) is 11.8 Å². The van der Waals surface area contributed by atoms with Gasteiger partial charge >= 0.3 is 0 Å². The number of carbonyl (C=O) groups excluding carboxylic acids is 3. The summed E-state index contributed by atoms with van der Waals surface area (Å²) < 4.78 is 15.8. The molecule has 1 aromatic heterocycles. The van der Waals surface area contributed by atoms with Crippen molar-refractivity contribution in [3.05, 3.63) is 29.7 Å². The van der Waals surface area contributed by atoms with Gasteiger partial charge in [0, 0.05) is 25.4 Å². The fourth-order valence-corrected chi connectivity index (χ4v) is 4.28. The lowest BCUT2D eigenvalue weighted by atomic mass is 9.93. The van der Waals surface area contributed by atoms with E-state index in [1.165, 1.54) is 19.1 Å².